The summed E-state index contributed by atoms with van der Waals surface area (Å²) in [5.41, 5.74) is 2.37. The van der Waals surface area contributed by atoms with Crippen LogP contribution in [-0.4, -0.2) is 20.9 Å². The van der Waals surface area contributed by atoms with Gasteiger partial charge in [0.1, 0.15) is 6.54 Å². The third kappa shape index (κ3) is 3.49. The van der Waals surface area contributed by atoms with Crippen molar-refractivity contribution >= 4 is 44.7 Å². The van der Waals surface area contributed by atoms with Gasteiger partial charge in [0, 0.05) is 15.6 Å². The molecular formula is C19H19ClN4O2S. The van der Waals surface area contributed by atoms with Crippen LogP contribution in [0.25, 0.3) is 10.2 Å². The fourth-order valence-electron chi connectivity index (χ4n) is 3.49. The van der Waals surface area contributed by atoms with Gasteiger partial charge in [-0.2, -0.15) is 0 Å². The van der Waals surface area contributed by atoms with Crippen LogP contribution >= 0.6 is 22.9 Å². The molecule has 140 valence electrons. The van der Waals surface area contributed by atoms with Crippen LogP contribution in [0.3, 0.4) is 0 Å². The molecule has 8 heteroatoms. The maximum Gasteiger partial charge on any atom is 0.279 e. The third-order valence-electron chi connectivity index (χ3n) is 4.94. The number of rotatable bonds is 3. The number of hydrogen-bond donors (Lipinski definition) is 1. The normalized spacial score (nSPS) is 16.3. The average Bonchev–Trinajstić information content (AvgIpc) is 2.98. The summed E-state index contributed by atoms with van der Waals surface area (Å²) in [5, 5.41) is 12.2. The molecule has 0 bridgehead atoms. The highest BCUT2D eigenvalue weighted by molar-refractivity contribution is 7.18. The number of fused-ring (bicyclic) bond motifs is 3. The van der Waals surface area contributed by atoms with Crippen molar-refractivity contribution in [2.45, 2.75) is 39.7 Å². The lowest BCUT2D eigenvalue weighted by atomic mass is 9.89. The number of carbonyl (C=O) groups is 1. The van der Waals surface area contributed by atoms with Crippen LogP contribution in [0.5, 0.6) is 0 Å². The fraction of sp³-hybridized carbons (Fsp3) is 0.368. The Balaban J connectivity index is 1.61. The predicted octanol–water partition coefficient (Wildman–Crippen LogP) is 3.58. The van der Waals surface area contributed by atoms with E-state index in [1.165, 1.54) is 4.88 Å². The number of aromatic nitrogens is 3. The van der Waals surface area contributed by atoms with Gasteiger partial charge in [-0.05, 0) is 61.4 Å². The van der Waals surface area contributed by atoms with Crippen molar-refractivity contribution in [1.29, 1.82) is 0 Å². The monoisotopic (exact) mass is 402 g/mol. The summed E-state index contributed by atoms with van der Waals surface area (Å²) in [5.74, 6) is 0.294. The SMILES string of the molecule is Cc1cc(Cl)ccc1NC(=O)Cn1nnc2sc3c(c2c1=O)CC[C@H](C)C3. The molecule has 0 saturated carbocycles. The first-order valence-corrected chi connectivity index (χ1v) is 10.1. The standard InChI is InChI=1S/C19H19ClN4O2S/c1-10-3-5-13-15(7-10)27-18-17(13)19(26)24(23-22-18)9-16(25)21-14-6-4-12(20)8-11(14)2/h4,6,8,10H,3,5,7,9H2,1-2H3,(H,21,25)/t10-/m0/s1. The van der Waals surface area contributed by atoms with E-state index >= 15 is 0 Å². The van der Waals surface area contributed by atoms with E-state index < -0.39 is 0 Å². The molecule has 0 aliphatic heterocycles. The Hall–Kier alpha value is -2.25. The Morgan fingerprint density at radius 1 is 1.44 bits per heavy atom. The van der Waals surface area contributed by atoms with Crippen molar-refractivity contribution in [2.24, 2.45) is 5.92 Å². The molecule has 1 atom stereocenters. The van der Waals surface area contributed by atoms with E-state index in [0.29, 0.717) is 26.8 Å². The van der Waals surface area contributed by atoms with Crippen LogP contribution < -0.4 is 10.9 Å². The minimum absolute atomic E-state index is 0.176. The Bertz CT molecular complexity index is 1110. The highest BCUT2D eigenvalue weighted by atomic mass is 35.5. The number of aryl methyl sites for hydroxylation is 2. The average molecular weight is 403 g/mol. The van der Waals surface area contributed by atoms with Crippen molar-refractivity contribution in [3.05, 3.63) is 49.6 Å². The highest BCUT2D eigenvalue weighted by Crippen LogP contribution is 2.35. The van der Waals surface area contributed by atoms with Gasteiger partial charge < -0.3 is 5.32 Å². The minimum atomic E-state index is -0.325. The largest absolute Gasteiger partial charge is 0.324 e. The van der Waals surface area contributed by atoms with Crippen molar-refractivity contribution in [3.63, 3.8) is 0 Å². The van der Waals surface area contributed by atoms with Gasteiger partial charge in [0.25, 0.3) is 5.56 Å². The number of nitrogens with zero attached hydrogens (tertiary/aromatic N) is 3. The molecule has 1 aromatic carbocycles. The molecule has 1 N–H and O–H groups in total. The van der Waals surface area contributed by atoms with Gasteiger partial charge >= 0.3 is 0 Å². The molecule has 3 aromatic rings. The topological polar surface area (TPSA) is 76.9 Å². The second-order valence-corrected chi connectivity index (χ2v) is 8.61. The van der Waals surface area contributed by atoms with Crippen LogP contribution in [0.1, 0.15) is 29.3 Å². The lowest BCUT2D eigenvalue weighted by Gasteiger charge is -2.17. The molecule has 2 heterocycles. The molecule has 6 nitrogen and oxygen atoms in total. The highest BCUT2D eigenvalue weighted by Gasteiger charge is 2.24. The van der Waals surface area contributed by atoms with Crippen molar-refractivity contribution in [2.75, 3.05) is 5.32 Å². The van der Waals surface area contributed by atoms with E-state index in [-0.39, 0.29) is 18.0 Å². The number of carbonyl (C=O) groups excluding carboxylic acids is 1. The third-order valence-corrected chi connectivity index (χ3v) is 6.31. The summed E-state index contributed by atoms with van der Waals surface area (Å²) in [6.07, 6.45) is 2.93. The van der Waals surface area contributed by atoms with Crippen LogP contribution in [0, 0.1) is 12.8 Å². The molecule has 27 heavy (non-hydrogen) atoms. The maximum absolute atomic E-state index is 12.9. The van der Waals surface area contributed by atoms with Gasteiger partial charge in [-0.3, -0.25) is 9.59 Å². The van der Waals surface area contributed by atoms with Crippen LogP contribution in [-0.2, 0) is 24.2 Å². The van der Waals surface area contributed by atoms with Crippen LogP contribution in [0.15, 0.2) is 23.0 Å². The van der Waals surface area contributed by atoms with E-state index in [1.807, 2.05) is 6.92 Å². The van der Waals surface area contributed by atoms with E-state index in [1.54, 1.807) is 29.5 Å². The summed E-state index contributed by atoms with van der Waals surface area (Å²) in [6.45, 7) is 3.91. The molecular weight excluding hydrogens is 384 g/mol. The Labute approximate surface area is 165 Å². The first kappa shape index (κ1) is 18.1. The van der Waals surface area contributed by atoms with Gasteiger partial charge in [0.15, 0.2) is 4.83 Å². The summed E-state index contributed by atoms with van der Waals surface area (Å²) in [7, 11) is 0. The first-order chi connectivity index (χ1) is 12.9. The molecule has 1 aliphatic rings. The van der Waals surface area contributed by atoms with Crippen molar-refractivity contribution in [1.82, 2.24) is 15.0 Å². The molecule has 2 aromatic heterocycles. The summed E-state index contributed by atoms with van der Waals surface area (Å²) in [4.78, 5) is 27.2. The van der Waals surface area contributed by atoms with E-state index in [4.69, 9.17) is 11.6 Å². The molecule has 0 saturated heterocycles. The number of thiophene rings is 1. The Kier molecular flexibility index (Phi) is 4.74. The second kappa shape index (κ2) is 7.05. The smallest absolute Gasteiger partial charge is 0.279 e. The van der Waals surface area contributed by atoms with Gasteiger partial charge in [0.05, 0.1) is 5.39 Å². The van der Waals surface area contributed by atoms with Gasteiger partial charge in [-0.25, -0.2) is 4.68 Å². The fourth-order valence-corrected chi connectivity index (χ4v) is 5.03. The summed E-state index contributed by atoms with van der Waals surface area (Å²) in [6, 6.07) is 5.22. The molecule has 0 spiro atoms. The van der Waals surface area contributed by atoms with Crippen LogP contribution in [0.4, 0.5) is 5.69 Å². The summed E-state index contributed by atoms with van der Waals surface area (Å²) < 4.78 is 1.15. The molecule has 4 rings (SSSR count). The lowest BCUT2D eigenvalue weighted by molar-refractivity contribution is -0.117. The lowest BCUT2D eigenvalue weighted by Crippen LogP contribution is -2.30. The Morgan fingerprint density at radius 3 is 3.04 bits per heavy atom. The van der Waals surface area contributed by atoms with Gasteiger partial charge in [-0.15, -0.1) is 16.4 Å². The predicted molar refractivity (Wildman–Crippen MR) is 108 cm³/mol. The van der Waals surface area contributed by atoms with E-state index in [0.717, 1.165) is 35.1 Å². The molecule has 0 fully saturated rings. The number of hydrogen-bond acceptors (Lipinski definition) is 5. The molecule has 1 amide bonds. The second-order valence-electron chi connectivity index (χ2n) is 7.09. The first-order valence-electron chi connectivity index (χ1n) is 8.86. The zero-order chi connectivity index (χ0) is 19.1. The number of benzene rings is 1. The molecule has 1 aliphatic carbocycles. The van der Waals surface area contributed by atoms with Crippen molar-refractivity contribution in [3.8, 4) is 0 Å². The minimum Gasteiger partial charge on any atom is -0.324 e. The number of anilines is 1. The van der Waals surface area contributed by atoms with Gasteiger partial charge in [0.2, 0.25) is 5.91 Å². The van der Waals surface area contributed by atoms with E-state index in [2.05, 4.69) is 22.6 Å². The van der Waals surface area contributed by atoms with Crippen molar-refractivity contribution < 1.29 is 4.79 Å². The number of nitrogens with one attached hydrogen (secondary N) is 1. The number of halogens is 1. The number of amides is 1. The maximum atomic E-state index is 12.9. The molecule has 0 unspecified atom stereocenters. The quantitative estimate of drug-likeness (QED) is 0.726. The van der Waals surface area contributed by atoms with E-state index in [9.17, 15) is 9.59 Å². The van der Waals surface area contributed by atoms with Gasteiger partial charge in [-0.1, -0.05) is 23.7 Å². The zero-order valence-corrected chi connectivity index (χ0v) is 16.7. The zero-order valence-electron chi connectivity index (χ0n) is 15.1. The summed E-state index contributed by atoms with van der Waals surface area (Å²) >= 11 is 7.49. The molecule has 0 radical (unpaired) electrons. The Morgan fingerprint density at radius 2 is 2.26 bits per heavy atom. The van der Waals surface area contributed by atoms with Crippen LogP contribution in [0.2, 0.25) is 5.02 Å².